The van der Waals surface area contributed by atoms with Crippen LogP contribution in [0.15, 0.2) is 35.0 Å². The predicted molar refractivity (Wildman–Crippen MR) is 113 cm³/mol. The Morgan fingerprint density at radius 1 is 1.19 bits per heavy atom. The third-order valence-electron chi connectivity index (χ3n) is 10.1. The van der Waals surface area contributed by atoms with Crippen LogP contribution in [0.2, 0.25) is 0 Å². The molecule has 6 nitrogen and oxygen atoms in total. The monoisotopic (exact) mass is 438 g/mol. The Balaban J connectivity index is 1.50. The first-order chi connectivity index (χ1) is 15.2. The molecule has 2 saturated heterocycles. The van der Waals surface area contributed by atoms with Crippen LogP contribution in [-0.2, 0) is 19.1 Å². The summed E-state index contributed by atoms with van der Waals surface area (Å²) in [4.78, 5) is 40.5. The minimum absolute atomic E-state index is 0.00638. The lowest BCUT2D eigenvalue weighted by molar-refractivity contribution is -0.246. The molecule has 2 spiro atoms. The molecule has 1 aromatic heterocycles. The van der Waals surface area contributed by atoms with Crippen LogP contribution in [0.1, 0.15) is 69.3 Å². The lowest BCUT2D eigenvalue weighted by atomic mass is 9.37. The molecule has 0 amide bonds. The summed E-state index contributed by atoms with van der Waals surface area (Å²) in [6.07, 6.45) is 6.05. The molecule has 0 N–H and O–H groups in total. The van der Waals surface area contributed by atoms with Crippen LogP contribution in [0.25, 0.3) is 0 Å². The molecule has 4 bridgehead atoms. The van der Waals surface area contributed by atoms with Crippen molar-refractivity contribution in [2.75, 3.05) is 0 Å². The van der Waals surface area contributed by atoms with Crippen molar-refractivity contribution in [1.29, 1.82) is 0 Å². The standard InChI is InChI=1S/C26H30O6/c1-14-16-7-10-26(21(14)27)19(12-16)25-9-5-8-24(3,32-23(25)29)15(2)17(25)13-20(26)31-22(28)18-6-4-11-30-18/h4,6,11,15-17,19-20H,1,5,7-10,12-13H2,2-3H3. The molecular weight excluding hydrogens is 408 g/mol. The van der Waals surface area contributed by atoms with Crippen molar-refractivity contribution in [2.45, 2.75) is 70.5 Å². The summed E-state index contributed by atoms with van der Waals surface area (Å²) in [5, 5.41) is 0. The molecule has 3 heterocycles. The van der Waals surface area contributed by atoms with Crippen molar-refractivity contribution in [3.63, 3.8) is 0 Å². The van der Waals surface area contributed by atoms with Crippen molar-refractivity contribution >= 4 is 17.7 Å². The molecule has 8 atom stereocenters. The van der Waals surface area contributed by atoms with Gasteiger partial charge >= 0.3 is 11.9 Å². The second kappa shape index (κ2) is 6.36. The van der Waals surface area contributed by atoms with E-state index in [1.807, 2.05) is 6.92 Å². The fraction of sp³-hybridized carbons (Fsp3) is 0.654. The fourth-order valence-electron chi connectivity index (χ4n) is 8.36. The lowest BCUT2D eigenvalue weighted by Crippen LogP contribution is -2.71. The molecule has 170 valence electrons. The van der Waals surface area contributed by atoms with Crippen LogP contribution in [0.4, 0.5) is 0 Å². The molecule has 8 unspecified atom stereocenters. The van der Waals surface area contributed by atoms with E-state index in [4.69, 9.17) is 13.9 Å². The van der Waals surface area contributed by atoms with Gasteiger partial charge in [0.2, 0.25) is 5.76 Å². The molecule has 1 aromatic rings. The first-order valence-electron chi connectivity index (χ1n) is 12.0. The summed E-state index contributed by atoms with van der Waals surface area (Å²) >= 11 is 0. The molecule has 2 aliphatic heterocycles. The van der Waals surface area contributed by atoms with Gasteiger partial charge in [-0.25, -0.2) is 4.79 Å². The maximum absolute atomic E-state index is 13.8. The van der Waals surface area contributed by atoms with Crippen molar-refractivity contribution in [3.05, 3.63) is 36.3 Å². The van der Waals surface area contributed by atoms with E-state index < -0.39 is 28.5 Å². The maximum Gasteiger partial charge on any atom is 0.374 e. The van der Waals surface area contributed by atoms with Crippen molar-refractivity contribution in [3.8, 4) is 0 Å². The van der Waals surface area contributed by atoms with Crippen LogP contribution in [0.5, 0.6) is 0 Å². The number of esters is 2. The third kappa shape index (κ3) is 2.24. The Kier molecular flexibility index (Phi) is 4.02. The highest BCUT2D eigenvalue weighted by atomic mass is 16.6. The van der Waals surface area contributed by atoms with E-state index in [9.17, 15) is 14.4 Å². The van der Waals surface area contributed by atoms with Gasteiger partial charge in [-0.1, -0.05) is 13.5 Å². The van der Waals surface area contributed by atoms with E-state index >= 15 is 0 Å². The highest BCUT2D eigenvalue weighted by Crippen LogP contribution is 2.72. The topological polar surface area (TPSA) is 82.8 Å². The van der Waals surface area contributed by atoms with E-state index in [0.29, 0.717) is 18.4 Å². The number of hydrogen-bond acceptors (Lipinski definition) is 6. The highest BCUT2D eigenvalue weighted by molar-refractivity contribution is 6.03. The number of ether oxygens (including phenoxy) is 2. The number of furan rings is 1. The van der Waals surface area contributed by atoms with Gasteiger partial charge in [0.05, 0.1) is 17.1 Å². The molecule has 5 saturated carbocycles. The first kappa shape index (κ1) is 20.3. The number of hydrogen-bond donors (Lipinski definition) is 0. The van der Waals surface area contributed by atoms with Gasteiger partial charge in [0.25, 0.3) is 0 Å². The molecule has 6 heteroatoms. The molecule has 7 fully saturated rings. The number of carbonyl (C=O) groups is 3. The number of rotatable bonds is 2. The number of ketones is 1. The van der Waals surface area contributed by atoms with Gasteiger partial charge < -0.3 is 13.9 Å². The Hall–Kier alpha value is -2.37. The summed E-state index contributed by atoms with van der Waals surface area (Å²) in [6.45, 7) is 8.34. The second-order valence-corrected chi connectivity index (χ2v) is 11.0. The van der Waals surface area contributed by atoms with Crippen molar-refractivity contribution in [1.82, 2.24) is 0 Å². The van der Waals surface area contributed by atoms with Gasteiger partial charge in [-0.3, -0.25) is 9.59 Å². The molecular formula is C26H30O6. The minimum atomic E-state index is -0.901. The zero-order valence-corrected chi connectivity index (χ0v) is 18.7. The normalized spacial score (nSPS) is 46.8. The van der Waals surface area contributed by atoms with Crippen molar-refractivity contribution in [2.24, 2.45) is 34.5 Å². The molecule has 8 rings (SSSR count). The van der Waals surface area contributed by atoms with E-state index in [-0.39, 0.29) is 41.2 Å². The fourth-order valence-corrected chi connectivity index (χ4v) is 8.36. The Bertz CT molecular complexity index is 1030. The molecule has 0 radical (unpaired) electrons. The number of fused-ring (bicyclic) bond motifs is 5. The average molecular weight is 439 g/mol. The van der Waals surface area contributed by atoms with Gasteiger partial charge in [0, 0.05) is 0 Å². The van der Waals surface area contributed by atoms with E-state index in [2.05, 4.69) is 13.5 Å². The van der Waals surface area contributed by atoms with Crippen LogP contribution in [0.3, 0.4) is 0 Å². The number of allylic oxidation sites excluding steroid dienone is 1. The third-order valence-corrected chi connectivity index (χ3v) is 10.1. The van der Waals surface area contributed by atoms with Gasteiger partial charge in [-0.2, -0.15) is 0 Å². The quantitative estimate of drug-likeness (QED) is 0.500. The van der Waals surface area contributed by atoms with Crippen LogP contribution in [-0.4, -0.2) is 29.4 Å². The van der Waals surface area contributed by atoms with Gasteiger partial charge in [0.15, 0.2) is 5.78 Å². The van der Waals surface area contributed by atoms with Gasteiger partial charge in [-0.15, -0.1) is 0 Å². The van der Waals surface area contributed by atoms with Gasteiger partial charge in [0.1, 0.15) is 11.7 Å². The first-order valence-corrected chi connectivity index (χ1v) is 12.0. The summed E-state index contributed by atoms with van der Waals surface area (Å²) in [5.74, 6) is -0.488. The van der Waals surface area contributed by atoms with Crippen LogP contribution in [0, 0.1) is 34.5 Å². The number of carbonyl (C=O) groups excluding carboxylic acids is 3. The summed E-state index contributed by atoms with van der Waals surface area (Å²) < 4.78 is 17.5. The average Bonchev–Trinajstić information content (AvgIpc) is 3.24. The van der Waals surface area contributed by atoms with E-state index in [0.717, 1.165) is 32.1 Å². The number of Topliss-reactive ketones (excluding diaryl/α,β-unsaturated/α-hetero) is 1. The minimum Gasteiger partial charge on any atom is -0.459 e. The Morgan fingerprint density at radius 3 is 2.75 bits per heavy atom. The van der Waals surface area contributed by atoms with Crippen LogP contribution < -0.4 is 0 Å². The smallest absolute Gasteiger partial charge is 0.374 e. The highest BCUT2D eigenvalue weighted by Gasteiger charge is 2.76. The summed E-state index contributed by atoms with van der Waals surface area (Å²) in [6, 6.07) is 3.23. The van der Waals surface area contributed by atoms with E-state index in [1.54, 1.807) is 12.1 Å². The second-order valence-electron chi connectivity index (χ2n) is 11.0. The zero-order chi connectivity index (χ0) is 22.5. The molecule has 32 heavy (non-hydrogen) atoms. The molecule has 5 aliphatic carbocycles. The van der Waals surface area contributed by atoms with Crippen molar-refractivity contribution < 1.29 is 28.3 Å². The summed E-state index contributed by atoms with van der Waals surface area (Å²) in [7, 11) is 0. The summed E-state index contributed by atoms with van der Waals surface area (Å²) in [5.41, 5.74) is -1.46. The Morgan fingerprint density at radius 2 is 2.00 bits per heavy atom. The van der Waals surface area contributed by atoms with Crippen LogP contribution >= 0.6 is 0 Å². The SMILES string of the molecule is C=C1C(=O)C23CCC1CC2C12CCCC(C)(OC1=O)C(C)C2CC3OC(=O)c1ccco1. The largest absolute Gasteiger partial charge is 0.459 e. The van der Waals surface area contributed by atoms with E-state index in [1.165, 1.54) is 6.26 Å². The predicted octanol–water partition coefficient (Wildman–Crippen LogP) is 4.49. The maximum atomic E-state index is 13.8. The zero-order valence-electron chi connectivity index (χ0n) is 18.7. The van der Waals surface area contributed by atoms with Gasteiger partial charge in [-0.05, 0) is 93.2 Å². The Labute approximate surface area is 187 Å². The molecule has 7 aliphatic rings. The molecule has 0 aromatic carbocycles. The lowest BCUT2D eigenvalue weighted by Gasteiger charge is -2.66.